The van der Waals surface area contributed by atoms with Crippen molar-refractivity contribution >= 4 is 0 Å². The molecule has 1 heteroatoms. The van der Waals surface area contributed by atoms with Gasteiger partial charge in [0.2, 0.25) is 0 Å². The number of nitrogens with zero attached hydrogens (tertiary/aromatic N) is 1. The molecule has 88 valence electrons. The number of fused-ring (bicyclic) bond motifs is 1. The largest absolute Gasteiger partial charge is 0.344 e. The second-order valence-corrected chi connectivity index (χ2v) is 4.87. The van der Waals surface area contributed by atoms with E-state index in [1.807, 2.05) is 0 Å². The van der Waals surface area contributed by atoms with Gasteiger partial charge in [-0.25, -0.2) is 0 Å². The summed E-state index contributed by atoms with van der Waals surface area (Å²) in [4.78, 5) is 0. The quantitative estimate of drug-likeness (QED) is 0.742. The van der Waals surface area contributed by atoms with Crippen LogP contribution in [0, 0.1) is 0 Å². The smallest absolute Gasteiger partial charge is 0.0485 e. The predicted octanol–water partition coefficient (Wildman–Crippen LogP) is 4.05. The van der Waals surface area contributed by atoms with E-state index in [-0.39, 0.29) is 0 Å². The van der Waals surface area contributed by atoms with Crippen LogP contribution in [-0.4, -0.2) is 4.57 Å². The fourth-order valence-electron chi connectivity index (χ4n) is 2.93. The molecule has 1 aromatic heterocycles. The average Bonchev–Trinajstić information content (AvgIpc) is 2.93. The Bertz CT molecular complexity index is 508. The molecule has 0 saturated heterocycles. The minimum atomic E-state index is 1.15. The Hall–Kier alpha value is -1.50. The molecular formula is C16H19N. The molecule has 0 radical (unpaired) electrons. The average molecular weight is 225 g/mol. The summed E-state index contributed by atoms with van der Waals surface area (Å²) in [5, 5.41) is 0. The van der Waals surface area contributed by atoms with Crippen molar-refractivity contribution in [2.45, 2.75) is 39.2 Å². The summed E-state index contributed by atoms with van der Waals surface area (Å²) in [6.45, 7) is 3.41. The number of hydrogen-bond donors (Lipinski definition) is 0. The summed E-state index contributed by atoms with van der Waals surface area (Å²) in [6, 6.07) is 13.2. The second kappa shape index (κ2) is 4.40. The molecule has 0 saturated carbocycles. The highest BCUT2D eigenvalue weighted by Gasteiger charge is 2.19. The number of benzene rings is 1. The summed E-state index contributed by atoms with van der Waals surface area (Å²) < 4.78 is 2.54. The van der Waals surface area contributed by atoms with Gasteiger partial charge in [-0.1, -0.05) is 37.3 Å². The van der Waals surface area contributed by atoms with Gasteiger partial charge in [0.05, 0.1) is 0 Å². The first-order chi connectivity index (χ1) is 8.40. The summed E-state index contributed by atoms with van der Waals surface area (Å²) >= 11 is 0. The molecule has 1 heterocycles. The van der Waals surface area contributed by atoms with Crippen LogP contribution in [0.5, 0.6) is 0 Å². The van der Waals surface area contributed by atoms with Crippen LogP contribution >= 0.6 is 0 Å². The van der Waals surface area contributed by atoms with Crippen molar-refractivity contribution in [3.63, 3.8) is 0 Å². The highest BCUT2D eigenvalue weighted by Crippen LogP contribution is 2.31. The van der Waals surface area contributed by atoms with Crippen molar-refractivity contribution in [3.8, 4) is 11.3 Å². The molecule has 0 spiro atoms. The molecule has 2 aromatic rings. The summed E-state index contributed by atoms with van der Waals surface area (Å²) in [7, 11) is 0. The fraction of sp³-hybridized carbons (Fsp3) is 0.375. The van der Waals surface area contributed by atoms with Gasteiger partial charge < -0.3 is 4.57 Å². The number of aryl methyl sites for hydroxylation is 1. The molecule has 1 aliphatic rings. The van der Waals surface area contributed by atoms with Crippen LogP contribution in [0.3, 0.4) is 0 Å². The molecule has 1 nitrogen and oxygen atoms in total. The van der Waals surface area contributed by atoms with Gasteiger partial charge in [0.15, 0.2) is 0 Å². The summed E-state index contributed by atoms with van der Waals surface area (Å²) in [6.07, 6.45) is 5.08. The van der Waals surface area contributed by atoms with Crippen LogP contribution in [0.25, 0.3) is 11.3 Å². The minimum absolute atomic E-state index is 1.15. The molecule has 1 aromatic carbocycles. The normalized spacial score (nSPS) is 13.9. The Morgan fingerprint density at radius 2 is 1.94 bits per heavy atom. The van der Waals surface area contributed by atoms with Gasteiger partial charge in [0.1, 0.15) is 0 Å². The van der Waals surface area contributed by atoms with Gasteiger partial charge in [-0.05, 0) is 42.9 Å². The zero-order valence-corrected chi connectivity index (χ0v) is 10.4. The van der Waals surface area contributed by atoms with Gasteiger partial charge in [-0.2, -0.15) is 0 Å². The Labute approximate surface area is 103 Å². The van der Waals surface area contributed by atoms with E-state index in [0.717, 1.165) is 6.54 Å². The van der Waals surface area contributed by atoms with Crippen LogP contribution in [-0.2, 0) is 19.4 Å². The zero-order chi connectivity index (χ0) is 11.7. The third kappa shape index (κ3) is 1.80. The van der Waals surface area contributed by atoms with Gasteiger partial charge in [0.25, 0.3) is 0 Å². The van der Waals surface area contributed by atoms with Crippen molar-refractivity contribution < 1.29 is 0 Å². The lowest BCUT2D eigenvalue weighted by molar-refractivity contribution is 0.657. The maximum atomic E-state index is 2.54. The summed E-state index contributed by atoms with van der Waals surface area (Å²) in [5.41, 5.74) is 5.94. The second-order valence-electron chi connectivity index (χ2n) is 4.87. The predicted molar refractivity (Wildman–Crippen MR) is 72.2 cm³/mol. The van der Waals surface area contributed by atoms with Gasteiger partial charge in [-0.3, -0.25) is 0 Å². The fourth-order valence-corrected chi connectivity index (χ4v) is 2.93. The van der Waals surface area contributed by atoms with Gasteiger partial charge >= 0.3 is 0 Å². The third-order valence-electron chi connectivity index (χ3n) is 3.67. The van der Waals surface area contributed by atoms with Crippen LogP contribution in [0.4, 0.5) is 0 Å². The summed E-state index contributed by atoms with van der Waals surface area (Å²) in [5.74, 6) is 0. The molecule has 3 rings (SSSR count). The number of hydrogen-bond acceptors (Lipinski definition) is 0. The van der Waals surface area contributed by atoms with Crippen molar-refractivity contribution in [2.24, 2.45) is 0 Å². The lowest BCUT2D eigenvalue weighted by Gasteiger charge is -2.11. The van der Waals surface area contributed by atoms with E-state index < -0.39 is 0 Å². The molecule has 0 aliphatic heterocycles. The first-order valence-corrected chi connectivity index (χ1v) is 6.67. The molecule has 0 unspecified atom stereocenters. The van der Waals surface area contributed by atoms with Crippen molar-refractivity contribution in [1.29, 1.82) is 0 Å². The van der Waals surface area contributed by atoms with Crippen molar-refractivity contribution in [1.82, 2.24) is 4.57 Å². The Morgan fingerprint density at radius 3 is 2.71 bits per heavy atom. The maximum Gasteiger partial charge on any atom is 0.0485 e. The van der Waals surface area contributed by atoms with E-state index in [0.29, 0.717) is 0 Å². The van der Waals surface area contributed by atoms with Crippen LogP contribution < -0.4 is 0 Å². The molecule has 0 atom stereocenters. The molecule has 17 heavy (non-hydrogen) atoms. The number of rotatable bonds is 3. The molecule has 0 amide bonds. The minimum Gasteiger partial charge on any atom is -0.344 e. The van der Waals surface area contributed by atoms with Crippen LogP contribution in [0.1, 0.15) is 31.0 Å². The standard InChI is InChI=1S/C16H19N/c1-2-11-17-15-10-6-9-14(15)12-16(17)13-7-4-3-5-8-13/h3-5,7-8,12H,2,6,9-11H2,1H3. The molecule has 0 N–H and O–H groups in total. The Balaban J connectivity index is 2.11. The van der Waals surface area contributed by atoms with Crippen molar-refractivity contribution in [2.75, 3.05) is 0 Å². The van der Waals surface area contributed by atoms with Crippen molar-refractivity contribution in [3.05, 3.63) is 47.7 Å². The van der Waals surface area contributed by atoms with E-state index in [1.165, 1.54) is 36.9 Å². The van der Waals surface area contributed by atoms with E-state index in [1.54, 1.807) is 11.3 Å². The molecular weight excluding hydrogens is 206 g/mol. The van der Waals surface area contributed by atoms with Crippen LogP contribution in [0.2, 0.25) is 0 Å². The van der Waals surface area contributed by atoms with E-state index in [9.17, 15) is 0 Å². The third-order valence-corrected chi connectivity index (χ3v) is 3.67. The molecule has 1 aliphatic carbocycles. The maximum absolute atomic E-state index is 2.54. The molecule has 0 bridgehead atoms. The van der Waals surface area contributed by atoms with E-state index in [4.69, 9.17) is 0 Å². The Morgan fingerprint density at radius 1 is 1.12 bits per heavy atom. The zero-order valence-electron chi connectivity index (χ0n) is 10.4. The highest BCUT2D eigenvalue weighted by molar-refractivity contribution is 5.63. The first kappa shape index (κ1) is 10.6. The van der Waals surface area contributed by atoms with Crippen LogP contribution in [0.15, 0.2) is 36.4 Å². The molecule has 0 fully saturated rings. The van der Waals surface area contributed by atoms with Gasteiger partial charge in [-0.15, -0.1) is 0 Å². The highest BCUT2D eigenvalue weighted by atomic mass is 15.0. The topological polar surface area (TPSA) is 4.93 Å². The number of aromatic nitrogens is 1. The monoisotopic (exact) mass is 225 g/mol. The van der Waals surface area contributed by atoms with Gasteiger partial charge in [0, 0.05) is 17.9 Å². The first-order valence-electron chi connectivity index (χ1n) is 6.67. The van der Waals surface area contributed by atoms with E-state index >= 15 is 0 Å². The lowest BCUT2D eigenvalue weighted by atomic mass is 10.1. The van der Waals surface area contributed by atoms with E-state index in [2.05, 4.69) is 47.9 Å². The SMILES string of the molecule is CCCn1c(-c2ccccc2)cc2c1CCC2. The lowest BCUT2D eigenvalue weighted by Crippen LogP contribution is -2.03. The Kier molecular flexibility index (Phi) is 2.76.